The quantitative estimate of drug-likeness (QED) is 0.840. The molecule has 0 radical (unpaired) electrons. The average molecular weight is 264 g/mol. The second-order valence-electron chi connectivity index (χ2n) is 4.26. The van der Waals surface area contributed by atoms with E-state index in [0.717, 1.165) is 28.7 Å². The first-order chi connectivity index (χ1) is 8.70. The van der Waals surface area contributed by atoms with E-state index in [9.17, 15) is 4.79 Å². The molecule has 1 aromatic heterocycles. The molecule has 2 aromatic rings. The number of aliphatic carboxylic acids is 1. The van der Waals surface area contributed by atoms with Gasteiger partial charge >= 0.3 is 5.97 Å². The van der Waals surface area contributed by atoms with Crippen LogP contribution in [0.15, 0.2) is 24.3 Å². The number of hydrogen-bond acceptors (Lipinski definition) is 4. The highest BCUT2D eigenvalue weighted by Crippen LogP contribution is 2.28. The summed E-state index contributed by atoms with van der Waals surface area (Å²) in [6.07, 6.45) is 1.94. The third-order valence-corrected chi connectivity index (χ3v) is 3.59. The van der Waals surface area contributed by atoms with Gasteiger partial charge in [0, 0.05) is 11.4 Å². The van der Waals surface area contributed by atoms with Gasteiger partial charge in [-0.2, -0.15) is 4.37 Å². The van der Waals surface area contributed by atoms with Crippen molar-refractivity contribution in [3.05, 3.63) is 24.3 Å². The Kier molecular flexibility index (Phi) is 4.15. The minimum atomic E-state index is -0.769. The molecule has 0 saturated carbocycles. The van der Waals surface area contributed by atoms with E-state index in [0.29, 0.717) is 0 Å². The molecule has 1 unspecified atom stereocenters. The number of nitrogens with one attached hydrogen (secondary N) is 1. The Morgan fingerprint density at radius 1 is 1.50 bits per heavy atom. The molecule has 0 saturated heterocycles. The van der Waals surface area contributed by atoms with Crippen LogP contribution in [0.2, 0.25) is 0 Å². The van der Waals surface area contributed by atoms with Gasteiger partial charge < -0.3 is 10.4 Å². The van der Waals surface area contributed by atoms with Gasteiger partial charge in [-0.15, -0.1) is 0 Å². The molecule has 0 amide bonds. The van der Waals surface area contributed by atoms with E-state index in [4.69, 9.17) is 5.11 Å². The van der Waals surface area contributed by atoms with Crippen molar-refractivity contribution in [1.29, 1.82) is 0 Å². The molecule has 2 N–H and O–H groups in total. The molecule has 0 aliphatic carbocycles. The molecule has 0 aliphatic rings. The number of carboxylic acid groups (broad SMARTS) is 1. The fraction of sp³-hybridized carbons (Fsp3) is 0.385. The topological polar surface area (TPSA) is 62.2 Å². The largest absolute Gasteiger partial charge is 0.481 e. The van der Waals surface area contributed by atoms with Crippen LogP contribution in [-0.4, -0.2) is 21.5 Å². The van der Waals surface area contributed by atoms with Gasteiger partial charge in [0.1, 0.15) is 5.00 Å². The Hall–Kier alpha value is -1.62. The maximum absolute atomic E-state index is 10.8. The lowest BCUT2D eigenvalue weighted by Gasteiger charge is -2.15. The monoisotopic (exact) mass is 264 g/mol. The Balaban J connectivity index is 2.17. The van der Waals surface area contributed by atoms with Crippen LogP contribution in [0.25, 0.3) is 10.9 Å². The number of benzene rings is 1. The third kappa shape index (κ3) is 2.98. The van der Waals surface area contributed by atoms with Crippen LogP contribution in [0.1, 0.15) is 26.2 Å². The zero-order valence-corrected chi connectivity index (χ0v) is 11.0. The Morgan fingerprint density at radius 2 is 2.28 bits per heavy atom. The van der Waals surface area contributed by atoms with Crippen molar-refractivity contribution in [2.24, 2.45) is 0 Å². The SMILES string of the molecule is CCCC(CC(=O)O)Nc1snc2ccccc12. The van der Waals surface area contributed by atoms with Crippen molar-refractivity contribution in [3.63, 3.8) is 0 Å². The van der Waals surface area contributed by atoms with Crippen molar-refractivity contribution in [2.75, 3.05) is 5.32 Å². The van der Waals surface area contributed by atoms with Gasteiger partial charge in [0.05, 0.1) is 11.9 Å². The molecular formula is C13H16N2O2S. The standard InChI is InChI=1S/C13H16N2O2S/c1-2-5-9(8-12(16)17)14-13-10-6-3-4-7-11(10)15-18-13/h3-4,6-7,9,14H,2,5,8H2,1H3,(H,16,17). The highest BCUT2D eigenvalue weighted by atomic mass is 32.1. The van der Waals surface area contributed by atoms with Gasteiger partial charge in [0.15, 0.2) is 0 Å². The second-order valence-corrected chi connectivity index (χ2v) is 5.03. The Morgan fingerprint density at radius 3 is 3.00 bits per heavy atom. The predicted octanol–water partition coefficient (Wildman–Crippen LogP) is 3.35. The summed E-state index contributed by atoms with van der Waals surface area (Å²) in [7, 11) is 0. The lowest BCUT2D eigenvalue weighted by Crippen LogP contribution is -2.22. The van der Waals surface area contributed by atoms with Crippen LogP contribution in [0.3, 0.4) is 0 Å². The predicted molar refractivity (Wildman–Crippen MR) is 74.2 cm³/mol. The summed E-state index contributed by atoms with van der Waals surface area (Å²) in [4.78, 5) is 10.8. The summed E-state index contributed by atoms with van der Waals surface area (Å²) in [6.45, 7) is 2.06. The number of nitrogens with zero attached hydrogens (tertiary/aromatic N) is 1. The minimum Gasteiger partial charge on any atom is -0.481 e. The zero-order valence-electron chi connectivity index (χ0n) is 10.2. The molecule has 1 aromatic carbocycles. The molecule has 1 heterocycles. The van der Waals surface area contributed by atoms with Crippen molar-refractivity contribution in [2.45, 2.75) is 32.2 Å². The minimum absolute atomic E-state index is 0.0312. The van der Waals surface area contributed by atoms with Crippen LogP contribution in [0.5, 0.6) is 0 Å². The van der Waals surface area contributed by atoms with E-state index in [2.05, 4.69) is 16.6 Å². The van der Waals surface area contributed by atoms with Gasteiger partial charge in [-0.1, -0.05) is 25.5 Å². The second kappa shape index (κ2) is 5.82. The van der Waals surface area contributed by atoms with Gasteiger partial charge in [0.2, 0.25) is 0 Å². The summed E-state index contributed by atoms with van der Waals surface area (Å²) in [5.74, 6) is -0.769. The lowest BCUT2D eigenvalue weighted by molar-refractivity contribution is -0.137. The third-order valence-electron chi connectivity index (χ3n) is 2.78. The number of carbonyl (C=O) groups is 1. The van der Waals surface area contributed by atoms with E-state index in [1.54, 1.807) is 0 Å². The molecule has 0 spiro atoms. The number of fused-ring (bicyclic) bond motifs is 1. The first-order valence-corrected chi connectivity index (χ1v) is 6.80. The summed E-state index contributed by atoms with van der Waals surface area (Å²) in [5.41, 5.74) is 0.954. The molecule has 1 atom stereocenters. The highest BCUT2D eigenvalue weighted by molar-refractivity contribution is 7.11. The van der Waals surface area contributed by atoms with Crippen LogP contribution < -0.4 is 5.32 Å². The van der Waals surface area contributed by atoms with Gasteiger partial charge in [-0.05, 0) is 30.1 Å². The zero-order chi connectivity index (χ0) is 13.0. The maximum atomic E-state index is 10.8. The summed E-state index contributed by atoms with van der Waals surface area (Å²) >= 11 is 1.39. The molecule has 18 heavy (non-hydrogen) atoms. The number of carboxylic acids is 1. The molecular weight excluding hydrogens is 248 g/mol. The number of aromatic nitrogens is 1. The van der Waals surface area contributed by atoms with E-state index < -0.39 is 5.97 Å². The van der Waals surface area contributed by atoms with Crippen LogP contribution in [0.4, 0.5) is 5.00 Å². The first-order valence-electron chi connectivity index (χ1n) is 6.03. The van der Waals surface area contributed by atoms with Gasteiger partial charge in [0.25, 0.3) is 0 Å². The molecule has 0 aliphatic heterocycles. The van der Waals surface area contributed by atoms with Gasteiger partial charge in [-0.3, -0.25) is 4.79 Å². The van der Waals surface area contributed by atoms with Crippen LogP contribution in [-0.2, 0) is 4.79 Å². The molecule has 0 fully saturated rings. The molecule has 4 nitrogen and oxygen atoms in total. The normalized spacial score (nSPS) is 12.5. The maximum Gasteiger partial charge on any atom is 0.305 e. The first kappa shape index (κ1) is 12.8. The van der Waals surface area contributed by atoms with Crippen molar-refractivity contribution >= 4 is 33.4 Å². The fourth-order valence-corrected chi connectivity index (χ4v) is 2.80. The lowest BCUT2D eigenvalue weighted by atomic mass is 10.1. The van der Waals surface area contributed by atoms with Crippen molar-refractivity contribution in [1.82, 2.24) is 4.37 Å². The number of anilines is 1. The molecule has 96 valence electrons. The smallest absolute Gasteiger partial charge is 0.305 e. The van der Waals surface area contributed by atoms with Gasteiger partial charge in [-0.25, -0.2) is 0 Å². The van der Waals surface area contributed by atoms with Crippen LogP contribution in [0, 0.1) is 0 Å². The van der Waals surface area contributed by atoms with Crippen molar-refractivity contribution in [3.8, 4) is 0 Å². The Labute approximate surface area is 110 Å². The fourth-order valence-electron chi connectivity index (χ4n) is 1.96. The molecule has 0 bridgehead atoms. The molecule has 2 rings (SSSR count). The Bertz CT molecular complexity index is 539. The number of hydrogen-bond donors (Lipinski definition) is 2. The summed E-state index contributed by atoms with van der Waals surface area (Å²) in [5, 5.41) is 14.2. The van der Waals surface area contributed by atoms with Crippen molar-refractivity contribution < 1.29 is 9.90 Å². The van der Waals surface area contributed by atoms with E-state index >= 15 is 0 Å². The van der Waals surface area contributed by atoms with E-state index in [1.165, 1.54) is 11.5 Å². The van der Waals surface area contributed by atoms with Crippen LogP contribution >= 0.6 is 11.5 Å². The van der Waals surface area contributed by atoms with E-state index in [-0.39, 0.29) is 12.5 Å². The summed E-state index contributed by atoms with van der Waals surface area (Å²) < 4.78 is 4.34. The molecule has 5 heteroatoms. The van der Waals surface area contributed by atoms with E-state index in [1.807, 2.05) is 24.3 Å². The average Bonchev–Trinajstić information content (AvgIpc) is 2.72. The number of rotatable bonds is 6. The summed E-state index contributed by atoms with van der Waals surface area (Å²) in [6, 6.07) is 7.85. The highest BCUT2D eigenvalue weighted by Gasteiger charge is 2.14.